The van der Waals surface area contributed by atoms with E-state index in [1.165, 1.54) is 24.3 Å². The molecule has 0 saturated carbocycles. The number of amides is 1. The first-order valence-electron chi connectivity index (χ1n) is 7.69. The van der Waals surface area contributed by atoms with Crippen LogP contribution in [0.4, 0.5) is 4.39 Å². The Balaban J connectivity index is 1.65. The maximum Gasteiger partial charge on any atom is 0.251 e. The Bertz CT molecular complexity index is 826. The van der Waals surface area contributed by atoms with Gasteiger partial charge < -0.3 is 9.73 Å². The van der Waals surface area contributed by atoms with Crippen LogP contribution >= 0.6 is 0 Å². The third kappa shape index (κ3) is 3.68. The van der Waals surface area contributed by atoms with Crippen LogP contribution in [0.25, 0.3) is 11.3 Å². The molecule has 0 spiro atoms. The molecule has 4 nitrogen and oxygen atoms in total. The molecule has 1 heterocycles. The minimum Gasteiger partial charge on any atom is -0.445 e. The summed E-state index contributed by atoms with van der Waals surface area (Å²) in [7, 11) is 0. The van der Waals surface area contributed by atoms with E-state index in [0.717, 1.165) is 17.0 Å². The zero-order valence-corrected chi connectivity index (χ0v) is 13.3. The summed E-state index contributed by atoms with van der Waals surface area (Å²) < 4.78 is 18.5. The van der Waals surface area contributed by atoms with Crippen molar-refractivity contribution in [3.8, 4) is 11.3 Å². The number of oxazole rings is 1. The molecule has 0 saturated heterocycles. The monoisotopic (exact) mass is 324 g/mol. The van der Waals surface area contributed by atoms with E-state index in [1.54, 1.807) is 6.92 Å². The fourth-order valence-electron chi connectivity index (χ4n) is 2.45. The van der Waals surface area contributed by atoms with E-state index in [1.807, 2.05) is 30.3 Å². The fraction of sp³-hybridized carbons (Fsp3) is 0.158. The second kappa shape index (κ2) is 7.08. The molecule has 0 fully saturated rings. The zero-order chi connectivity index (χ0) is 16.9. The minimum atomic E-state index is -0.365. The first kappa shape index (κ1) is 15.9. The number of hydrogen-bond donors (Lipinski definition) is 1. The fourth-order valence-corrected chi connectivity index (χ4v) is 2.45. The Kier molecular flexibility index (Phi) is 4.70. The number of nitrogens with one attached hydrogen (secondary N) is 1. The van der Waals surface area contributed by atoms with E-state index in [2.05, 4.69) is 10.3 Å². The lowest BCUT2D eigenvalue weighted by molar-refractivity contribution is 0.0953. The Morgan fingerprint density at radius 1 is 1.12 bits per heavy atom. The minimum absolute atomic E-state index is 0.243. The zero-order valence-electron chi connectivity index (χ0n) is 13.3. The van der Waals surface area contributed by atoms with Gasteiger partial charge in [-0.2, -0.15) is 0 Å². The van der Waals surface area contributed by atoms with Crippen molar-refractivity contribution in [2.75, 3.05) is 6.54 Å². The van der Waals surface area contributed by atoms with Gasteiger partial charge in [0, 0.05) is 31.0 Å². The molecule has 1 N–H and O–H groups in total. The van der Waals surface area contributed by atoms with Crippen molar-refractivity contribution in [2.24, 2.45) is 0 Å². The highest BCUT2D eigenvalue weighted by Gasteiger charge is 2.13. The highest BCUT2D eigenvalue weighted by molar-refractivity contribution is 5.94. The van der Waals surface area contributed by atoms with Crippen molar-refractivity contribution >= 4 is 5.91 Å². The van der Waals surface area contributed by atoms with Gasteiger partial charge in [-0.3, -0.25) is 4.79 Å². The molecular formula is C19H17FN2O2. The maximum absolute atomic E-state index is 12.9. The molecule has 3 rings (SSSR count). The molecule has 1 aromatic heterocycles. The van der Waals surface area contributed by atoms with E-state index >= 15 is 0 Å². The van der Waals surface area contributed by atoms with Crippen molar-refractivity contribution in [2.45, 2.75) is 13.3 Å². The highest BCUT2D eigenvalue weighted by atomic mass is 19.1. The van der Waals surface area contributed by atoms with Gasteiger partial charge >= 0.3 is 0 Å². The SMILES string of the molecule is Cc1nc(-c2ccccc2)c(CCNC(=O)c2ccc(F)cc2)o1. The maximum atomic E-state index is 12.9. The third-order valence-corrected chi connectivity index (χ3v) is 3.60. The van der Waals surface area contributed by atoms with Gasteiger partial charge in [-0.05, 0) is 24.3 Å². The summed E-state index contributed by atoms with van der Waals surface area (Å²) in [5, 5.41) is 2.81. The largest absolute Gasteiger partial charge is 0.445 e. The van der Waals surface area contributed by atoms with Gasteiger partial charge in [-0.25, -0.2) is 9.37 Å². The summed E-state index contributed by atoms with van der Waals surface area (Å²) in [4.78, 5) is 16.5. The van der Waals surface area contributed by atoms with Crippen molar-refractivity contribution < 1.29 is 13.6 Å². The molecule has 5 heteroatoms. The molecule has 24 heavy (non-hydrogen) atoms. The van der Waals surface area contributed by atoms with Crippen molar-refractivity contribution in [1.29, 1.82) is 0 Å². The lowest BCUT2D eigenvalue weighted by Crippen LogP contribution is -2.25. The van der Waals surface area contributed by atoms with E-state index < -0.39 is 0 Å². The molecule has 122 valence electrons. The second-order valence-corrected chi connectivity index (χ2v) is 5.38. The van der Waals surface area contributed by atoms with Crippen molar-refractivity contribution in [1.82, 2.24) is 10.3 Å². The Hall–Kier alpha value is -2.95. The number of carbonyl (C=O) groups excluding carboxylic acids is 1. The van der Waals surface area contributed by atoms with Gasteiger partial charge in [0.05, 0.1) is 0 Å². The van der Waals surface area contributed by atoms with Crippen LogP contribution < -0.4 is 5.32 Å². The molecule has 0 unspecified atom stereocenters. The van der Waals surface area contributed by atoms with Crippen LogP contribution in [0.3, 0.4) is 0 Å². The van der Waals surface area contributed by atoms with Gasteiger partial charge in [0.15, 0.2) is 5.89 Å². The summed E-state index contributed by atoms with van der Waals surface area (Å²) in [6, 6.07) is 15.2. The number of benzene rings is 2. The summed E-state index contributed by atoms with van der Waals surface area (Å²) in [6.45, 7) is 2.21. The van der Waals surface area contributed by atoms with Crippen molar-refractivity contribution in [3.05, 3.63) is 77.6 Å². The number of hydrogen-bond acceptors (Lipinski definition) is 3. The standard InChI is InChI=1S/C19H17FN2O2/c1-13-22-18(14-5-3-2-4-6-14)17(24-13)11-12-21-19(23)15-7-9-16(20)10-8-15/h2-10H,11-12H2,1H3,(H,21,23). The van der Waals surface area contributed by atoms with Gasteiger partial charge in [-0.1, -0.05) is 30.3 Å². The molecule has 0 aliphatic carbocycles. The smallest absolute Gasteiger partial charge is 0.251 e. The summed E-state index contributed by atoms with van der Waals surface area (Å²) in [6.07, 6.45) is 0.526. The first-order chi connectivity index (χ1) is 11.6. The van der Waals surface area contributed by atoms with E-state index in [-0.39, 0.29) is 11.7 Å². The van der Waals surface area contributed by atoms with Crippen LogP contribution in [0.2, 0.25) is 0 Å². The van der Waals surface area contributed by atoms with Gasteiger partial charge in [0.1, 0.15) is 17.3 Å². The molecule has 0 aliphatic rings. The molecular weight excluding hydrogens is 307 g/mol. The molecule has 0 radical (unpaired) electrons. The Morgan fingerprint density at radius 3 is 2.54 bits per heavy atom. The van der Waals surface area contributed by atoms with Crippen LogP contribution in [0.1, 0.15) is 22.0 Å². The lowest BCUT2D eigenvalue weighted by Gasteiger charge is -2.05. The number of carbonyl (C=O) groups is 1. The molecule has 0 bridgehead atoms. The van der Waals surface area contributed by atoms with Gasteiger partial charge in [0.25, 0.3) is 5.91 Å². The molecule has 3 aromatic rings. The normalized spacial score (nSPS) is 10.6. The number of nitrogens with zero attached hydrogens (tertiary/aromatic N) is 1. The highest BCUT2D eigenvalue weighted by Crippen LogP contribution is 2.23. The Labute approximate surface area is 139 Å². The summed E-state index contributed by atoms with van der Waals surface area (Å²) in [5.41, 5.74) is 2.20. The average Bonchev–Trinajstić information content (AvgIpc) is 2.97. The number of rotatable bonds is 5. The van der Waals surface area contributed by atoms with Crippen LogP contribution in [-0.2, 0) is 6.42 Å². The van der Waals surface area contributed by atoms with Crippen LogP contribution in [0.5, 0.6) is 0 Å². The summed E-state index contributed by atoms with van der Waals surface area (Å²) >= 11 is 0. The molecule has 1 amide bonds. The van der Waals surface area contributed by atoms with Crippen LogP contribution in [0.15, 0.2) is 59.0 Å². The molecule has 0 atom stereocenters. The second-order valence-electron chi connectivity index (χ2n) is 5.38. The van der Waals surface area contributed by atoms with E-state index in [0.29, 0.717) is 24.4 Å². The number of aryl methyl sites for hydroxylation is 1. The lowest BCUT2D eigenvalue weighted by atomic mass is 10.1. The van der Waals surface area contributed by atoms with Crippen LogP contribution in [-0.4, -0.2) is 17.4 Å². The predicted molar refractivity (Wildman–Crippen MR) is 89.1 cm³/mol. The van der Waals surface area contributed by atoms with Crippen LogP contribution in [0, 0.1) is 12.7 Å². The average molecular weight is 324 g/mol. The predicted octanol–water partition coefficient (Wildman–Crippen LogP) is 3.76. The van der Waals surface area contributed by atoms with E-state index in [9.17, 15) is 9.18 Å². The topological polar surface area (TPSA) is 55.1 Å². The number of aromatic nitrogens is 1. The van der Waals surface area contributed by atoms with Crippen molar-refractivity contribution in [3.63, 3.8) is 0 Å². The van der Waals surface area contributed by atoms with Gasteiger partial charge in [-0.15, -0.1) is 0 Å². The molecule has 2 aromatic carbocycles. The summed E-state index contributed by atoms with van der Waals surface area (Å²) in [5.74, 6) is 0.718. The van der Waals surface area contributed by atoms with E-state index in [4.69, 9.17) is 4.42 Å². The first-order valence-corrected chi connectivity index (χ1v) is 7.69. The Morgan fingerprint density at radius 2 is 1.83 bits per heavy atom. The quantitative estimate of drug-likeness (QED) is 0.777. The van der Waals surface area contributed by atoms with Gasteiger partial charge in [0.2, 0.25) is 0 Å². The number of halogens is 1. The third-order valence-electron chi connectivity index (χ3n) is 3.60. The molecule has 0 aliphatic heterocycles.